The molecule has 1 fully saturated rings. The fourth-order valence-corrected chi connectivity index (χ4v) is 2.82. The Morgan fingerprint density at radius 2 is 2.00 bits per heavy atom. The van der Waals surface area contributed by atoms with Crippen LogP contribution in [0.1, 0.15) is 37.8 Å². The van der Waals surface area contributed by atoms with Crippen molar-refractivity contribution >= 4 is 17.6 Å². The molecule has 0 saturated carbocycles. The first-order chi connectivity index (χ1) is 9.60. The van der Waals surface area contributed by atoms with Crippen molar-refractivity contribution in [2.75, 3.05) is 13.1 Å². The zero-order valence-corrected chi connectivity index (χ0v) is 12.6. The van der Waals surface area contributed by atoms with E-state index in [4.69, 9.17) is 17.3 Å². The summed E-state index contributed by atoms with van der Waals surface area (Å²) in [6.07, 6.45) is 2.93. The van der Waals surface area contributed by atoms with Crippen molar-refractivity contribution in [3.8, 4) is 0 Å². The number of nitrogens with two attached hydrogens (primary N) is 1. The fraction of sp³-hybridized carbons (Fsp3) is 0.533. The van der Waals surface area contributed by atoms with Gasteiger partial charge in [0.1, 0.15) is 0 Å². The second-order valence-electron chi connectivity index (χ2n) is 5.28. The van der Waals surface area contributed by atoms with Gasteiger partial charge in [-0.3, -0.25) is 0 Å². The third-order valence-electron chi connectivity index (χ3n) is 3.92. The zero-order chi connectivity index (χ0) is 14.5. The van der Waals surface area contributed by atoms with Crippen molar-refractivity contribution in [2.45, 2.75) is 38.3 Å². The SMILES string of the molecule is CCC(NC1CCN(C(N)=O)CC1)c1ccc(Cl)cc1. The molecule has 0 aromatic heterocycles. The Labute approximate surface area is 125 Å². The Morgan fingerprint density at radius 3 is 2.50 bits per heavy atom. The quantitative estimate of drug-likeness (QED) is 0.897. The highest BCUT2D eigenvalue weighted by Crippen LogP contribution is 2.22. The number of likely N-dealkylation sites (tertiary alicyclic amines) is 1. The van der Waals surface area contributed by atoms with Gasteiger partial charge in [-0.2, -0.15) is 0 Å². The Hall–Kier alpha value is -1.26. The van der Waals surface area contributed by atoms with E-state index in [1.165, 1.54) is 5.56 Å². The number of piperidine rings is 1. The number of carbonyl (C=O) groups excluding carboxylic acids is 1. The Balaban J connectivity index is 1.91. The Bertz CT molecular complexity index is 441. The number of urea groups is 1. The number of hydrogen-bond donors (Lipinski definition) is 2. The average Bonchev–Trinajstić information content (AvgIpc) is 2.46. The van der Waals surface area contributed by atoms with Crippen LogP contribution in [-0.4, -0.2) is 30.1 Å². The molecular weight excluding hydrogens is 274 g/mol. The van der Waals surface area contributed by atoms with Gasteiger partial charge in [-0.25, -0.2) is 4.79 Å². The smallest absolute Gasteiger partial charge is 0.314 e. The lowest BCUT2D eigenvalue weighted by atomic mass is 9.99. The van der Waals surface area contributed by atoms with Gasteiger partial charge in [0.15, 0.2) is 0 Å². The summed E-state index contributed by atoms with van der Waals surface area (Å²) in [5.74, 6) is 0. The van der Waals surface area contributed by atoms with Crippen LogP contribution in [0.3, 0.4) is 0 Å². The number of nitrogens with one attached hydrogen (secondary N) is 1. The summed E-state index contributed by atoms with van der Waals surface area (Å²) in [6, 6.07) is 8.45. The van der Waals surface area contributed by atoms with Crippen molar-refractivity contribution in [1.82, 2.24) is 10.2 Å². The summed E-state index contributed by atoms with van der Waals surface area (Å²) >= 11 is 5.93. The van der Waals surface area contributed by atoms with Crippen LogP contribution in [0.2, 0.25) is 5.02 Å². The normalized spacial score (nSPS) is 18.0. The second-order valence-corrected chi connectivity index (χ2v) is 5.72. The predicted molar refractivity (Wildman–Crippen MR) is 81.8 cm³/mol. The van der Waals surface area contributed by atoms with Crippen molar-refractivity contribution in [3.63, 3.8) is 0 Å². The van der Waals surface area contributed by atoms with Gasteiger partial charge in [-0.15, -0.1) is 0 Å². The van der Waals surface area contributed by atoms with Crippen LogP contribution in [0.25, 0.3) is 0 Å². The number of amides is 2. The van der Waals surface area contributed by atoms with Crippen LogP contribution in [0, 0.1) is 0 Å². The lowest BCUT2D eigenvalue weighted by molar-refractivity contribution is 0.182. The highest BCUT2D eigenvalue weighted by atomic mass is 35.5. The summed E-state index contributed by atoms with van der Waals surface area (Å²) in [7, 11) is 0. The Kier molecular flexibility index (Phi) is 5.26. The minimum Gasteiger partial charge on any atom is -0.351 e. The first kappa shape index (κ1) is 15.1. The van der Waals surface area contributed by atoms with E-state index in [1.807, 2.05) is 12.1 Å². The van der Waals surface area contributed by atoms with Crippen LogP contribution in [0.4, 0.5) is 4.79 Å². The van der Waals surface area contributed by atoms with Gasteiger partial charge in [0.25, 0.3) is 0 Å². The number of primary amides is 1. The third-order valence-corrected chi connectivity index (χ3v) is 4.18. The van der Waals surface area contributed by atoms with Crippen molar-refractivity contribution in [3.05, 3.63) is 34.9 Å². The zero-order valence-electron chi connectivity index (χ0n) is 11.8. The van der Waals surface area contributed by atoms with E-state index < -0.39 is 0 Å². The standard InChI is InChI=1S/C15H22ClN3O/c1-2-14(11-3-5-12(16)6-4-11)18-13-7-9-19(10-8-13)15(17)20/h3-6,13-14,18H,2,7-10H2,1H3,(H2,17,20). The largest absolute Gasteiger partial charge is 0.351 e. The number of benzene rings is 1. The number of nitrogens with zero attached hydrogens (tertiary/aromatic N) is 1. The summed E-state index contributed by atoms with van der Waals surface area (Å²) < 4.78 is 0. The molecule has 2 amide bonds. The molecule has 2 rings (SSSR count). The van der Waals surface area contributed by atoms with E-state index in [2.05, 4.69) is 24.4 Å². The van der Waals surface area contributed by atoms with E-state index in [-0.39, 0.29) is 6.03 Å². The second kappa shape index (κ2) is 6.95. The molecule has 1 aliphatic heterocycles. The first-order valence-electron chi connectivity index (χ1n) is 7.16. The molecule has 1 aromatic carbocycles. The van der Waals surface area contributed by atoms with Crippen molar-refractivity contribution in [1.29, 1.82) is 0 Å². The minimum atomic E-state index is -0.312. The molecule has 5 heteroatoms. The van der Waals surface area contributed by atoms with Crippen LogP contribution in [0.15, 0.2) is 24.3 Å². The molecule has 3 N–H and O–H groups in total. The van der Waals surface area contributed by atoms with E-state index in [1.54, 1.807) is 4.90 Å². The summed E-state index contributed by atoms with van der Waals surface area (Å²) in [5, 5.41) is 4.44. The maximum Gasteiger partial charge on any atom is 0.314 e. The van der Waals surface area contributed by atoms with Gasteiger partial charge < -0.3 is 16.0 Å². The summed E-state index contributed by atoms with van der Waals surface area (Å²) in [4.78, 5) is 12.8. The van der Waals surface area contributed by atoms with Crippen LogP contribution in [-0.2, 0) is 0 Å². The molecule has 1 aromatic rings. The minimum absolute atomic E-state index is 0.312. The van der Waals surface area contributed by atoms with Crippen molar-refractivity contribution in [2.24, 2.45) is 5.73 Å². The highest BCUT2D eigenvalue weighted by Gasteiger charge is 2.23. The molecule has 1 heterocycles. The van der Waals surface area contributed by atoms with Crippen LogP contribution in [0.5, 0.6) is 0 Å². The van der Waals surface area contributed by atoms with Gasteiger partial charge in [0, 0.05) is 30.2 Å². The lowest BCUT2D eigenvalue weighted by Crippen LogP contribution is -2.47. The molecule has 110 valence electrons. The van der Waals surface area contributed by atoms with E-state index in [0.29, 0.717) is 12.1 Å². The van der Waals surface area contributed by atoms with Gasteiger partial charge in [0.2, 0.25) is 0 Å². The fourth-order valence-electron chi connectivity index (χ4n) is 2.70. The van der Waals surface area contributed by atoms with Gasteiger partial charge in [-0.05, 0) is 37.0 Å². The van der Waals surface area contributed by atoms with Gasteiger partial charge in [-0.1, -0.05) is 30.7 Å². The topological polar surface area (TPSA) is 58.4 Å². The van der Waals surface area contributed by atoms with E-state index in [0.717, 1.165) is 37.4 Å². The average molecular weight is 296 g/mol. The highest BCUT2D eigenvalue weighted by molar-refractivity contribution is 6.30. The lowest BCUT2D eigenvalue weighted by Gasteiger charge is -2.33. The van der Waals surface area contributed by atoms with Gasteiger partial charge in [0.05, 0.1) is 0 Å². The molecule has 1 atom stereocenters. The molecule has 0 spiro atoms. The monoisotopic (exact) mass is 295 g/mol. The molecule has 1 aliphatic rings. The number of hydrogen-bond acceptors (Lipinski definition) is 2. The predicted octanol–water partition coefficient (Wildman–Crippen LogP) is 2.92. The number of carbonyl (C=O) groups is 1. The molecule has 0 bridgehead atoms. The number of halogens is 1. The molecular formula is C15H22ClN3O. The van der Waals surface area contributed by atoms with E-state index in [9.17, 15) is 4.79 Å². The molecule has 1 unspecified atom stereocenters. The summed E-state index contributed by atoms with van der Waals surface area (Å²) in [6.45, 7) is 3.65. The van der Waals surface area contributed by atoms with Crippen LogP contribution >= 0.6 is 11.6 Å². The third kappa shape index (κ3) is 3.87. The van der Waals surface area contributed by atoms with Crippen molar-refractivity contribution < 1.29 is 4.79 Å². The molecule has 1 saturated heterocycles. The van der Waals surface area contributed by atoms with E-state index >= 15 is 0 Å². The van der Waals surface area contributed by atoms with Gasteiger partial charge >= 0.3 is 6.03 Å². The molecule has 4 nitrogen and oxygen atoms in total. The number of rotatable bonds is 4. The molecule has 0 radical (unpaired) electrons. The maximum absolute atomic E-state index is 11.1. The Morgan fingerprint density at radius 1 is 1.40 bits per heavy atom. The molecule has 20 heavy (non-hydrogen) atoms. The summed E-state index contributed by atoms with van der Waals surface area (Å²) in [5.41, 5.74) is 6.56. The first-order valence-corrected chi connectivity index (χ1v) is 7.54. The van der Waals surface area contributed by atoms with Crippen LogP contribution < -0.4 is 11.1 Å². The maximum atomic E-state index is 11.1. The molecule has 0 aliphatic carbocycles.